The number of hydrogen-bond acceptors (Lipinski definition) is 4. The van der Waals surface area contributed by atoms with Gasteiger partial charge in [0.05, 0.1) is 17.3 Å². The third-order valence-electron chi connectivity index (χ3n) is 2.12. The lowest BCUT2D eigenvalue weighted by Gasteiger charge is -2.11. The third kappa shape index (κ3) is 3.06. The molecule has 0 aliphatic carbocycles. The van der Waals surface area contributed by atoms with Crippen molar-refractivity contribution in [2.45, 2.75) is 17.9 Å². The van der Waals surface area contributed by atoms with Crippen molar-refractivity contribution in [1.82, 2.24) is 4.72 Å². The van der Waals surface area contributed by atoms with E-state index in [2.05, 4.69) is 11.3 Å². The second-order valence-corrected chi connectivity index (χ2v) is 5.19. The standard InChI is InChI=1S/C11H13N3O2S/c1-3-8(2)14-17(15,16)11-5-4-9(7-12)6-10(11)13/h3-6,8,14H,1,13H2,2H3. The molecular formula is C11H13N3O2S. The molecule has 1 atom stereocenters. The zero-order valence-corrected chi connectivity index (χ0v) is 10.2. The van der Waals surface area contributed by atoms with E-state index in [1.807, 2.05) is 6.07 Å². The van der Waals surface area contributed by atoms with E-state index in [0.717, 1.165) is 0 Å². The summed E-state index contributed by atoms with van der Waals surface area (Å²) in [5.74, 6) is 0. The van der Waals surface area contributed by atoms with Crippen molar-refractivity contribution in [3.05, 3.63) is 36.4 Å². The molecule has 0 spiro atoms. The number of nitriles is 1. The highest BCUT2D eigenvalue weighted by molar-refractivity contribution is 7.89. The SMILES string of the molecule is C=CC(C)NS(=O)(=O)c1ccc(C#N)cc1N. The Bertz CT molecular complexity index is 573. The highest BCUT2D eigenvalue weighted by Crippen LogP contribution is 2.19. The van der Waals surface area contributed by atoms with Gasteiger partial charge >= 0.3 is 0 Å². The molecule has 0 aromatic heterocycles. The molecule has 3 N–H and O–H groups in total. The van der Waals surface area contributed by atoms with E-state index in [0.29, 0.717) is 5.56 Å². The third-order valence-corrected chi connectivity index (χ3v) is 3.76. The molecule has 0 radical (unpaired) electrons. The van der Waals surface area contributed by atoms with E-state index < -0.39 is 16.1 Å². The van der Waals surface area contributed by atoms with Crippen molar-refractivity contribution in [3.63, 3.8) is 0 Å². The Hall–Kier alpha value is -1.84. The van der Waals surface area contributed by atoms with Crippen molar-refractivity contribution in [3.8, 4) is 6.07 Å². The second kappa shape index (κ2) is 4.99. The Labute approximate surface area is 101 Å². The molecule has 0 saturated heterocycles. The summed E-state index contributed by atoms with van der Waals surface area (Å²) >= 11 is 0. The summed E-state index contributed by atoms with van der Waals surface area (Å²) in [6.45, 7) is 5.14. The molecule has 1 unspecified atom stereocenters. The highest BCUT2D eigenvalue weighted by atomic mass is 32.2. The Kier molecular flexibility index (Phi) is 3.89. The Morgan fingerprint density at radius 2 is 2.24 bits per heavy atom. The van der Waals surface area contributed by atoms with Crippen molar-refractivity contribution < 1.29 is 8.42 Å². The Morgan fingerprint density at radius 1 is 1.59 bits per heavy atom. The largest absolute Gasteiger partial charge is 0.398 e. The van der Waals surface area contributed by atoms with Crippen LogP contribution in [0.3, 0.4) is 0 Å². The van der Waals surface area contributed by atoms with Crippen molar-refractivity contribution in [1.29, 1.82) is 5.26 Å². The fourth-order valence-electron chi connectivity index (χ4n) is 1.22. The van der Waals surface area contributed by atoms with Gasteiger partial charge in [0.1, 0.15) is 4.90 Å². The number of rotatable bonds is 4. The first-order valence-corrected chi connectivity index (χ1v) is 6.33. The molecule has 0 fully saturated rings. The van der Waals surface area contributed by atoms with Crippen molar-refractivity contribution >= 4 is 15.7 Å². The van der Waals surface area contributed by atoms with Gasteiger partial charge in [0.25, 0.3) is 0 Å². The maximum Gasteiger partial charge on any atom is 0.243 e. The van der Waals surface area contributed by atoms with E-state index in [-0.39, 0.29) is 10.6 Å². The number of nitrogens with one attached hydrogen (secondary N) is 1. The van der Waals surface area contributed by atoms with Crippen LogP contribution in [-0.4, -0.2) is 14.5 Å². The first-order chi connectivity index (χ1) is 7.90. The topological polar surface area (TPSA) is 96.0 Å². The van der Waals surface area contributed by atoms with Gasteiger partial charge in [-0.15, -0.1) is 6.58 Å². The quantitative estimate of drug-likeness (QED) is 0.616. The van der Waals surface area contributed by atoms with Crippen LogP contribution < -0.4 is 10.5 Å². The number of benzene rings is 1. The molecule has 0 saturated carbocycles. The lowest BCUT2D eigenvalue weighted by Crippen LogP contribution is -2.31. The van der Waals surface area contributed by atoms with Crippen molar-refractivity contribution in [2.24, 2.45) is 0 Å². The zero-order valence-electron chi connectivity index (χ0n) is 9.34. The molecule has 17 heavy (non-hydrogen) atoms. The van der Waals surface area contributed by atoms with Gasteiger partial charge in [-0.3, -0.25) is 0 Å². The predicted molar refractivity (Wildman–Crippen MR) is 65.5 cm³/mol. The van der Waals surface area contributed by atoms with Crippen LogP contribution in [-0.2, 0) is 10.0 Å². The Balaban J connectivity index is 3.17. The second-order valence-electron chi connectivity index (χ2n) is 3.51. The summed E-state index contributed by atoms with van der Waals surface area (Å²) in [4.78, 5) is -0.0369. The van der Waals surface area contributed by atoms with E-state index in [1.165, 1.54) is 24.3 Å². The average molecular weight is 251 g/mol. The van der Waals surface area contributed by atoms with Crippen LogP contribution in [0.4, 0.5) is 5.69 Å². The predicted octanol–water partition coefficient (Wildman–Crippen LogP) is 0.993. The molecule has 0 aliphatic heterocycles. The van der Waals surface area contributed by atoms with E-state index in [4.69, 9.17) is 11.0 Å². The first-order valence-electron chi connectivity index (χ1n) is 4.85. The van der Waals surface area contributed by atoms with Crippen LogP contribution in [0.2, 0.25) is 0 Å². The van der Waals surface area contributed by atoms with E-state index >= 15 is 0 Å². The van der Waals surface area contributed by atoms with Crippen LogP contribution in [0.5, 0.6) is 0 Å². The fourth-order valence-corrected chi connectivity index (χ4v) is 2.55. The summed E-state index contributed by atoms with van der Waals surface area (Å²) in [5.41, 5.74) is 5.97. The molecule has 1 aromatic rings. The molecule has 0 amide bonds. The number of nitrogens with two attached hydrogens (primary N) is 1. The molecule has 6 heteroatoms. The van der Waals surface area contributed by atoms with Gasteiger partial charge in [0.2, 0.25) is 10.0 Å². The molecular weight excluding hydrogens is 238 g/mol. The molecule has 0 aliphatic rings. The molecule has 1 aromatic carbocycles. The number of nitrogens with zero attached hydrogens (tertiary/aromatic N) is 1. The van der Waals surface area contributed by atoms with Crippen molar-refractivity contribution in [2.75, 3.05) is 5.73 Å². The minimum atomic E-state index is -3.68. The van der Waals surface area contributed by atoms with E-state index in [9.17, 15) is 8.42 Å². The first kappa shape index (κ1) is 13.2. The molecule has 90 valence electrons. The maximum absolute atomic E-state index is 11.9. The fraction of sp³-hybridized carbons (Fsp3) is 0.182. The minimum absolute atomic E-state index is 0.0369. The van der Waals surface area contributed by atoms with Crippen LogP contribution in [0.1, 0.15) is 12.5 Å². The zero-order chi connectivity index (χ0) is 13.1. The van der Waals surface area contributed by atoms with Gasteiger partial charge in [-0.2, -0.15) is 5.26 Å². The van der Waals surface area contributed by atoms with Gasteiger partial charge in [-0.05, 0) is 25.1 Å². The van der Waals surface area contributed by atoms with Gasteiger partial charge in [0.15, 0.2) is 0 Å². The minimum Gasteiger partial charge on any atom is -0.398 e. The number of sulfonamides is 1. The number of hydrogen-bond donors (Lipinski definition) is 2. The number of nitrogen functional groups attached to an aromatic ring is 1. The van der Waals surface area contributed by atoms with Crippen LogP contribution in [0, 0.1) is 11.3 Å². The molecule has 0 bridgehead atoms. The summed E-state index contributed by atoms with van der Waals surface area (Å²) in [7, 11) is -3.68. The molecule has 5 nitrogen and oxygen atoms in total. The van der Waals surface area contributed by atoms with Crippen LogP contribution in [0.15, 0.2) is 35.7 Å². The van der Waals surface area contributed by atoms with E-state index in [1.54, 1.807) is 6.92 Å². The monoisotopic (exact) mass is 251 g/mol. The van der Waals surface area contributed by atoms with Gasteiger partial charge in [0, 0.05) is 6.04 Å². The normalized spacial score (nSPS) is 12.7. The lowest BCUT2D eigenvalue weighted by molar-refractivity contribution is 0.576. The van der Waals surface area contributed by atoms with Gasteiger partial charge < -0.3 is 5.73 Å². The average Bonchev–Trinajstić information content (AvgIpc) is 2.27. The van der Waals surface area contributed by atoms with Crippen LogP contribution in [0.25, 0.3) is 0 Å². The lowest BCUT2D eigenvalue weighted by atomic mass is 10.2. The van der Waals surface area contributed by atoms with Gasteiger partial charge in [-0.25, -0.2) is 13.1 Å². The summed E-state index contributed by atoms with van der Waals surface area (Å²) in [5, 5.41) is 8.66. The summed E-state index contributed by atoms with van der Waals surface area (Å²) in [6, 6.07) is 5.54. The number of anilines is 1. The van der Waals surface area contributed by atoms with Gasteiger partial charge in [-0.1, -0.05) is 6.08 Å². The highest BCUT2D eigenvalue weighted by Gasteiger charge is 2.18. The molecule has 1 rings (SSSR count). The summed E-state index contributed by atoms with van der Waals surface area (Å²) < 4.78 is 26.2. The smallest absolute Gasteiger partial charge is 0.243 e. The summed E-state index contributed by atoms with van der Waals surface area (Å²) in [6.07, 6.45) is 1.47. The molecule has 0 heterocycles. The Morgan fingerprint density at radius 3 is 2.71 bits per heavy atom. The van der Waals surface area contributed by atoms with Crippen LogP contribution >= 0.6 is 0 Å². The maximum atomic E-state index is 11.9.